The van der Waals surface area contributed by atoms with E-state index < -0.39 is 11.9 Å². The fourth-order valence-electron chi connectivity index (χ4n) is 7.79. The molecule has 0 saturated carbocycles. The third-order valence-corrected chi connectivity index (χ3v) is 11.9. The molecule has 3 aliphatic heterocycles. The van der Waals surface area contributed by atoms with E-state index in [1.54, 1.807) is 16.3 Å². The van der Waals surface area contributed by atoms with Crippen LogP contribution in [-0.2, 0) is 24.2 Å². The number of carbonyl (C=O) groups is 1. The molecule has 3 saturated heterocycles. The van der Waals surface area contributed by atoms with Crippen molar-refractivity contribution in [3.05, 3.63) is 56.2 Å². The number of aryl methyl sites for hydroxylation is 2. The van der Waals surface area contributed by atoms with Crippen LogP contribution in [0.15, 0.2) is 23.0 Å². The van der Waals surface area contributed by atoms with Gasteiger partial charge in [0.25, 0.3) is 5.56 Å². The molecule has 4 heterocycles. The fraction of sp³-hybridized carbons (Fsp3) is 0.656. The predicted molar refractivity (Wildman–Crippen MR) is 171 cm³/mol. The van der Waals surface area contributed by atoms with Crippen LogP contribution in [0.5, 0.6) is 5.75 Å². The van der Waals surface area contributed by atoms with E-state index >= 15 is 0 Å². The molecule has 2 aromatic rings. The van der Waals surface area contributed by atoms with Crippen molar-refractivity contribution in [3.8, 4) is 5.75 Å². The number of thioether (sulfide) groups is 1. The minimum absolute atomic E-state index is 0.0583. The number of nitrogens with one attached hydrogen (secondary N) is 2. The van der Waals surface area contributed by atoms with Crippen LogP contribution >= 0.6 is 23.4 Å². The van der Waals surface area contributed by atoms with Crippen molar-refractivity contribution in [2.24, 2.45) is 5.92 Å². The Hall–Kier alpha value is -2.11. The van der Waals surface area contributed by atoms with Crippen LogP contribution in [0, 0.1) is 12.8 Å². The first-order chi connectivity index (χ1) is 20.7. The maximum absolute atomic E-state index is 13.8. The van der Waals surface area contributed by atoms with Crippen molar-refractivity contribution in [3.63, 3.8) is 0 Å². The molecule has 6 atom stereocenters. The smallest absolute Gasteiger partial charge is 0.308 e. The summed E-state index contributed by atoms with van der Waals surface area (Å²) in [5.41, 5.74) is 2.89. The van der Waals surface area contributed by atoms with Gasteiger partial charge in [-0.05, 0) is 96.3 Å². The minimum atomic E-state index is -0.744. The third kappa shape index (κ3) is 6.36. The molecular weight excluding hydrogens is 586 g/mol. The first kappa shape index (κ1) is 30.9. The topological polar surface area (TPSA) is 109 Å². The summed E-state index contributed by atoms with van der Waals surface area (Å²) in [6.45, 7) is 6.88. The van der Waals surface area contributed by atoms with Gasteiger partial charge in [-0.3, -0.25) is 14.2 Å². The Kier molecular flexibility index (Phi) is 9.41. The third-order valence-electron chi connectivity index (χ3n) is 10.2. The predicted octanol–water partition coefficient (Wildman–Crippen LogP) is 3.48. The van der Waals surface area contributed by atoms with Crippen LogP contribution in [0.3, 0.4) is 0 Å². The standard InChI is InChI=1S/C32H44ClN5O4S/c1-18-14-24(30-29(35-18)26(17-43-30)32(40)41)23-15-20(33)4-7-28(23)42-13-12-38-19(2)36-27-6-5-22(16-25(27)31(38)39)37(3)21-8-10-34-11-9-21/h4,7,15,18,21-22,24,26,29-30,34-35H,5-6,8-14,16-17H2,1-3H3,(H,40,41). The summed E-state index contributed by atoms with van der Waals surface area (Å²) >= 11 is 8.21. The molecule has 11 heteroatoms. The lowest BCUT2D eigenvalue weighted by atomic mass is 9.79. The van der Waals surface area contributed by atoms with Crippen LogP contribution < -0.4 is 20.9 Å². The van der Waals surface area contributed by atoms with Gasteiger partial charge in [0.1, 0.15) is 18.2 Å². The molecule has 0 spiro atoms. The zero-order valence-corrected chi connectivity index (χ0v) is 26.9. The van der Waals surface area contributed by atoms with Gasteiger partial charge in [0.15, 0.2) is 0 Å². The van der Waals surface area contributed by atoms with Crippen LogP contribution in [0.4, 0.5) is 0 Å². The second-order valence-corrected chi connectivity index (χ2v) is 14.4. The summed E-state index contributed by atoms with van der Waals surface area (Å²) in [7, 11) is 2.22. The van der Waals surface area contributed by atoms with Gasteiger partial charge >= 0.3 is 5.97 Å². The van der Waals surface area contributed by atoms with E-state index in [2.05, 4.69) is 29.5 Å². The molecule has 0 radical (unpaired) electrons. The number of aliphatic carboxylic acids is 1. The quantitative estimate of drug-likeness (QED) is 0.404. The number of ether oxygens (including phenoxy) is 1. The van der Waals surface area contributed by atoms with E-state index in [4.69, 9.17) is 21.3 Å². The number of fused-ring (bicyclic) bond motifs is 2. The van der Waals surface area contributed by atoms with Gasteiger partial charge in [0.05, 0.1) is 18.2 Å². The van der Waals surface area contributed by atoms with E-state index in [9.17, 15) is 14.7 Å². The summed E-state index contributed by atoms with van der Waals surface area (Å²) < 4.78 is 8.17. The second kappa shape index (κ2) is 13.1. The van der Waals surface area contributed by atoms with Crippen molar-refractivity contribution in [2.75, 3.05) is 32.5 Å². The van der Waals surface area contributed by atoms with Crippen molar-refractivity contribution in [2.45, 2.75) is 94.3 Å². The van der Waals surface area contributed by atoms with Gasteiger partial charge in [0, 0.05) is 51.7 Å². The maximum atomic E-state index is 13.8. The summed E-state index contributed by atoms with van der Waals surface area (Å²) in [5.74, 6) is 1.04. The van der Waals surface area contributed by atoms with Crippen LogP contribution in [0.25, 0.3) is 0 Å². The van der Waals surface area contributed by atoms with Gasteiger partial charge < -0.3 is 25.4 Å². The molecular formula is C32H44ClN5O4S. The zero-order valence-electron chi connectivity index (χ0n) is 25.4. The average Bonchev–Trinajstić information content (AvgIpc) is 3.43. The van der Waals surface area contributed by atoms with Crippen molar-refractivity contribution in [1.82, 2.24) is 25.1 Å². The number of nitrogens with zero attached hydrogens (tertiary/aromatic N) is 3. The number of halogens is 1. The number of piperidine rings is 2. The number of aromatic nitrogens is 2. The molecule has 3 fully saturated rings. The van der Waals surface area contributed by atoms with E-state index in [1.165, 1.54) is 0 Å². The lowest BCUT2D eigenvalue weighted by molar-refractivity contribution is -0.141. The Morgan fingerprint density at radius 2 is 2.05 bits per heavy atom. The molecule has 0 amide bonds. The molecule has 1 aromatic heterocycles. The van der Waals surface area contributed by atoms with Gasteiger partial charge in [-0.2, -0.15) is 11.8 Å². The van der Waals surface area contributed by atoms with Crippen LogP contribution in [0.1, 0.15) is 61.2 Å². The Bertz CT molecular complexity index is 1400. The molecule has 1 aromatic carbocycles. The van der Waals surface area contributed by atoms with Crippen LogP contribution in [0.2, 0.25) is 5.02 Å². The number of hydrogen-bond donors (Lipinski definition) is 3. The molecule has 1 aliphatic carbocycles. The summed E-state index contributed by atoms with van der Waals surface area (Å²) in [4.78, 5) is 33.1. The zero-order chi connectivity index (χ0) is 30.2. The lowest BCUT2D eigenvalue weighted by Crippen LogP contribution is -2.53. The maximum Gasteiger partial charge on any atom is 0.308 e. The fourth-order valence-corrected chi connectivity index (χ4v) is 9.71. The van der Waals surface area contributed by atoms with E-state index in [0.717, 1.165) is 80.0 Å². The lowest BCUT2D eigenvalue weighted by Gasteiger charge is -2.40. The number of hydrogen-bond acceptors (Lipinski definition) is 8. The number of carboxylic acid groups (broad SMARTS) is 1. The Morgan fingerprint density at radius 3 is 2.81 bits per heavy atom. The summed E-state index contributed by atoms with van der Waals surface area (Å²) in [6, 6.07) is 6.73. The number of benzene rings is 1. The van der Waals surface area contributed by atoms with E-state index in [1.807, 2.05) is 25.1 Å². The van der Waals surface area contributed by atoms with Crippen molar-refractivity contribution in [1.29, 1.82) is 0 Å². The highest BCUT2D eigenvalue weighted by atomic mass is 35.5. The molecule has 3 N–H and O–H groups in total. The number of carboxylic acids is 1. The monoisotopic (exact) mass is 629 g/mol. The van der Waals surface area contributed by atoms with Crippen molar-refractivity contribution >= 4 is 29.3 Å². The first-order valence-corrected chi connectivity index (χ1v) is 17.2. The summed E-state index contributed by atoms with van der Waals surface area (Å²) in [6.07, 6.45) is 5.80. The number of likely N-dealkylation sites (N-methyl/N-ethyl adjacent to an activating group) is 1. The molecule has 43 heavy (non-hydrogen) atoms. The highest BCUT2D eigenvalue weighted by Crippen LogP contribution is 2.48. The molecule has 6 unspecified atom stereocenters. The molecule has 6 rings (SSSR count). The van der Waals surface area contributed by atoms with Gasteiger partial charge in [-0.25, -0.2) is 4.98 Å². The highest BCUT2D eigenvalue weighted by Gasteiger charge is 2.48. The van der Waals surface area contributed by atoms with Crippen LogP contribution in [-0.4, -0.2) is 87.4 Å². The largest absolute Gasteiger partial charge is 0.491 e. The van der Waals surface area contributed by atoms with Crippen molar-refractivity contribution < 1.29 is 14.6 Å². The molecule has 9 nitrogen and oxygen atoms in total. The van der Waals surface area contributed by atoms with Gasteiger partial charge in [-0.15, -0.1) is 0 Å². The Labute approximate surface area is 263 Å². The van der Waals surface area contributed by atoms with Gasteiger partial charge in [-0.1, -0.05) is 11.6 Å². The number of rotatable bonds is 8. The molecule has 234 valence electrons. The molecule has 0 bridgehead atoms. The molecule has 4 aliphatic rings. The Morgan fingerprint density at radius 1 is 1.26 bits per heavy atom. The Balaban J connectivity index is 1.17. The second-order valence-electron chi connectivity index (χ2n) is 12.8. The normalized spacial score (nSPS) is 29.3. The average molecular weight is 630 g/mol. The SMILES string of the molecule is Cc1nc2c(c(=O)n1CCOc1ccc(Cl)cc1C1CC(C)NC3C(C(=O)O)CSC13)CC(N(C)C1CCNCC1)CC2. The summed E-state index contributed by atoms with van der Waals surface area (Å²) in [5, 5.41) is 17.6. The first-order valence-electron chi connectivity index (χ1n) is 15.8. The minimum Gasteiger partial charge on any atom is -0.491 e. The highest BCUT2D eigenvalue weighted by molar-refractivity contribution is 8.00. The van der Waals surface area contributed by atoms with E-state index in [0.29, 0.717) is 36.0 Å². The van der Waals surface area contributed by atoms with Gasteiger partial charge in [0.2, 0.25) is 0 Å². The van der Waals surface area contributed by atoms with E-state index in [-0.39, 0.29) is 28.8 Å².